The molecule has 0 aromatic heterocycles. The molecule has 6 rings (SSSR count). The van der Waals surface area contributed by atoms with E-state index in [0.717, 1.165) is 0 Å². The van der Waals surface area contributed by atoms with Gasteiger partial charge in [-0.3, -0.25) is 24.6 Å². The third-order valence-electron chi connectivity index (χ3n) is 11.0. The van der Waals surface area contributed by atoms with Crippen LogP contribution in [0.4, 0.5) is 5.69 Å². The predicted octanol–water partition coefficient (Wildman–Crippen LogP) is 5.26. The lowest BCUT2D eigenvalue weighted by molar-refractivity contribution is -0.160. The molecule has 14 nitrogen and oxygen atoms in total. The summed E-state index contributed by atoms with van der Waals surface area (Å²) in [7, 11) is 1.43. The first kappa shape index (κ1) is 42.6. The van der Waals surface area contributed by atoms with Gasteiger partial charge in [-0.1, -0.05) is 64.1 Å². The first-order chi connectivity index (χ1) is 26.8. The number of hydrogen-bond acceptors (Lipinski definition) is 13. The highest BCUT2D eigenvalue weighted by molar-refractivity contribution is 6.34. The van der Waals surface area contributed by atoms with Crippen molar-refractivity contribution in [2.45, 2.75) is 85.6 Å². The molecule has 2 aromatic carbocycles. The lowest BCUT2D eigenvalue weighted by atomic mass is 9.78. The summed E-state index contributed by atoms with van der Waals surface area (Å²) in [5, 5.41) is 49.4. The minimum Gasteiger partial charge on any atom is -0.507 e. The van der Waals surface area contributed by atoms with Crippen LogP contribution in [-0.2, 0) is 23.8 Å². The Bertz CT molecular complexity index is 2090. The standard InChI is InChI=1S/C43H51N3O11/c1-20-14-13-15-21(2)42(53)46-34-33(45-27-16-11-10-12-17-27)32(44)29-30(38(34)51)37(50)25(6)40-31(29)41(52)43(8,57-40)55-19-18-28(54-9)22(3)39(56-26(7)47)24(5)36(49)23(4)35(20)48/h10-20,22-24,28,35-36,39,44-45,48-50H,1-9H3,(H,46,53)/b14-13+,19-18+,21-15-,44-32?. The van der Waals surface area contributed by atoms with Crippen LogP contribution in [0.2, 0.25) is 0 Å². The number of phenolic OH excluding ortho intramolecular Hbond substituents is 1. The molecule has 57 heavy (non-hydrogen) atoms. The maximum Gasteiger partial charge on any atom is 0.312 e. The van der Waals surface area contributed by atoms with E-state index in [1.807, 2.05) is 0 Å². The number of fused-ring (bicyclic) bond motifs is 14. The summed E-state index contributed by atoms with van der Waals surface area (Å²) < 4.78 is 23.5. The van der Waals surface area contributed by atoms with Crippen molar-refractivity contribution in [2.75, 3.05) is 12.4 Å². The summed E-state index contributed by atoms with van der Waals surface area (Å²) in [6, 6.07) is 8.62. The molecular weight excluding hydrogens is 734 g/mol. The molecule has 3 heterocycles. The number of Topliss-reactive ketones (excluding diaryl/α,β-unsaturated/α-hetero) is 2. The number of anilines is 1. The lowest BCUT2D eigenvalue weighted by Crippen LogP contribution is -2.46. The van der Waals surface area contributed by atoms with E-state index in [1.165, 1.54) is 53.2 Å². The largest absolute Gasteiger partial charge is 0.507 e. The average molecular weight is 786 g/mol. The van der Waals surface area contributed by atoms with Crippen molar-refractivity contribution in [3.8, 4) is 11.5 Å². The van der Waals surface area contributed by atoms with E-state index < -0.39 is 83.1 Å². The predicted molar refractivity (Wildman–Crippen MR) is 211 cm³/mol. The Balaban J connectivity index is 1.67. The Morgan fingerprint density at radius 3 is 2.25 bits per heavy atom. The van der Waals surface area contributed by atoms with Crippen LogP contribution in [0, 0.1) is 36.0 Å². The number of esters is 1. The molecule has 0 spiro atoms. The molecule has 0 fully saturated rings. The zero-order chi connectivity index (χ0) is 42.1. The third-order valence-corrected chi connectivity index (χ3v) is 11.0. The van der Waals surface area contributed by atoms with Crippen molar-refractivity contribution in [3.63, 3.8) is 0 Å². The number of methoxy groups -OCH3 is 1. The van der Waals surface area contributed by atoms with Crippen molar-refractivity contribution >= 4 is 34.8 Å². The monoisotopic (exact) mass is 785 g/mol. The number of benzene rings is 2. The second-order valence-corrected chi connectivity index (χ2v) is 15.1. The average Bonchev–Trinajstić information content (AvgIpc) is 3.44. The number of allylic oxidation sites excluding steroid dienone is 4. The van der Waals surface area contributed by atoms with Crippen molar-refractivity contribution in [3.05, 3.63) is 100 Å². The van der Waals surface area contributed by atoms with Crippen LogP contribution in [0.15, 0.2) is 77.9 Å². The minimum atomic E-state index is -2.04. The molecule has 304 valence electrons. The van der Waals surface area contributed by atoms with Crippen molar-refractivity contribution in [1.29, 1.82) is 5.41 Å². The van der Waals surface area contributed by atoms with Gasteiger partial charge in [0.1, 0.15) is 23.3 Å². The fraction of sp³-hybridized carbons (Fsp3) is 0.419. The highest BCUT2D eigenvalue weighted by atomic mass is 16.7. The molecule has 0 saturated heterocycles. The van der Waals surface area contributed by atoms with E-state index in [9.17, 15) is 39.9 Å². The van der Waals surface area contributed by atoms with E-state index in [4.69, 9.17) is 18.9 Å². The molecule has 1 amide bonds. The Labute approximate surface area is 331 Å². The van der Waals surface area contributed by atoms with Gasteiger partial charge in [-0.05, 0) is 32.1 Å². The van der Waals surface area contributed by atoms with Gasteiger partial charge < -0.3 is 44.9 Å². The van der Waals surface area contributed by atoms with Gasteiger partial charge in [0.25, 0.3) is 11.7 Å². The molecule has 14 heteroatoms. The molecular formula is C43H51N3O11. The summed E-state index contributed by atoms with van der Waals surface area (Å²) in [4.78, 5) is 54.8. The van der Waals surface area contributed by atoms with Gasteiger partial charge in [0.05, 0.1) is 47.1 Å². The van der Waals surface area contributed by atoms with E-state index in [2.05, 4.69) is 10.6 Å². The molecule has 1 aliphatic carbocycles. The number of aliphatic hydroxyl groups excluding tert-OH is 2. The molecule has 4 aliphatic rings. The van der Waals surface area contributed by atoms with Crippen molar-refractivity contribution in [1.82, 2.24) is 5.32 Å². The Kier molecular flexibility index (Phi) is 12.6. The van der Waals surface area contributed by atoms with Gasteiger partial charge in [-0.25, -0.2) is 0 Å². The van der Waals surface area contributed by atoms with Gasteiger partial charge in [0.15, 0.2) is 0 Å². The van der Waals surface area contributed by atoms with Crippen molar-refractivity contribution < 1.29 is 53.4 Å². The fourth-order valence-electron chi connectivity index (χ4n) is 7.52. The number of aromatic hydroxyl groups is 1. The molecule has 6 N–H and O–H groups in total. The number of nitrogens with one attached hydrogen (secondary N) is 3. The van der Waals surface area contributed by atoms with Gasteiger partial charge >= 0.3 is 11.8 Å². The number of hydrogen-bond donors (Lipinski definition) is 6. The third kappa shape index (κ3) is 8.16. The second-order valence-electron chi connectivity index (χ2n) is 15.1. The first-order valence-corrected chi connectivity index (χ1v) is 18.7. The minimum absolute atomic E-state index is 0.0390. The second kappa shape index (κ2) is 16.9. The summed E-state index contributed by atoms with van der Waals surface area (Å²) in [6.07, 6.45) is 3.54. The number of rotatable bonds is 4. The van der Waals surface area contributed by atoms with Crippen LogP contribution >= 0.6 is 0 Å². The van der Waals surface area contributed by atoms with Crippen LogP contribution in [0.1, 0.15) is 80.3 Å². The number of aliphatic hydroxyl groups is 2. The summed E-state index contributed by atoms with van der Waals surface area (Å²) >= 11 is 0. The zero-order valence-electron chi connectivity index (χ0n) is 33.5. The number of ketones is 2. The van der Waals surface area contributed by atoms with E-state index in [1.54, 1.807) is 70.2 Å². The molecule has 2 aromatic rings. The maximum absolute atomic E-state index is 14.4. The summed E-state index contributed by atoms with van der Waals surface area (Å²) in [5.74, 6) is -8.03. The maximum atomic E-state index is 14.4. The molecule has 3 aliphatic heterocycles. The molecule has 9 atom stereocenters. The van der Waals surface area contributed by atoms with E-state index in [0.29, 0.717) is 5.69 Å². The van der Waals surface area contributed by atoms with Crippen LogP contribution in [-0.4, -0.2) is 81.8 Å². The fourth-order valence-corrected chi connectivity index (χ4v) is 7.52. The molecule has 9 unspecified atom stereocenters. The van der Waals surface area contributed by atoms with Crippen molar-refractivity contribution in [2.24, 2.45) is 23.7 Å². The summed E-state index contributed by atoms with van der Waals surface area (Å²) in [5.41, 5.74) is -0.903. The lowest BCUT2D eigenvalue weighted by Gasteiger charge is -2.38. The van der Waals surface area contributed by atoms with Crippen LogP contribution in [0.5, 0.6) is 11.5 Å². The number of amides is 1. The topological polar surface area (TPSA) is 214 Å². The molecule has 0 saturated carbocycles. The first-order valence-electron chi connectivity index (χ1n) is 18.7. The SMILES string of the molecule is COC1/C=C/OC2(C)Oc3c(C)c(O)c4c(c3C2=O)C(=N)C(Nc2ccccc2)=C(NC(=O)/C(C)=C\C=C\C(C)C(O)C(C)C(O)C(C)C(OC(C)=O)C1C)C4=O. The van der Waals surface area contributed by atoms with Crippen LogP contribution in [0.25, 0.3) is 0 Å². The number of phenols is 1. The Morgan fingerprint density at radius 1 is 0.947 bits per heavy atom. The number of para-hydroxylation sites is 1. The van der Waals surface area contributed by atoms with Gasteiger partial charge in [-0.15, -0.1) is 0 Å². The Morgan fingerprint density at radius 2 is 1.61 bits per heavy atom. The van der Waals surface area contributed by atoms with Crippen LogP contribution < -0.4 is 15.4 Å². The molecule has 0 radical (unpaired) electrons. The van der Waals surface area contributed by atoms with E-state index >= 15 is 0 Å². The highest BCUT2D eigenvalue weighted by Gasteiger charge is 2.52. The van der Waals surface area contributed by atoms with Gasteiger partial charge in [-0.2, -0.15) is 0 Å². The Hall–Kier alpha value is -5.57. The van der Waals surface area contributed by atoms with E-state index in [-0.39, 0.29) is 50.7 Å². The summed E-state index contributed by atoms with van der Waals surface area (Å²) in [6.45, 7) is 12.5. The van der Waals surface area contributed by atoms with Gasteiger partial charge in [0, 0.05) is 67.0 Å². The smallest absolute Gasteiger partial charge is 0.312 e. The number of carbonyl (C=O) groups is 4. The zero-order valence-corrected chi connectivity index (χ0v) is 33.5. The number of carbonyl (C=O) groups excluding carboxylic acids is 4. The highest BCUT2D eigenvalue weighted by Crippen LogP contribution is 2.48. The quantitative estimate of drug-likeness (QED) is 0.219. The van der Waals surface area contributed by atoms with Gasteiger partial charge in [0.2, 0.25) is 5.78 Å². The number of ether oxygens (including phenoxy) is 4. The van der Waals surface area contributed by atoms with Crippen LogP contribution in [0.3, 0.4) is 0 Å². The molecule has 5 bridgehead atoms. The normalized spacial score (nSPS) is 31.7.